The summed E-state index contributed by atoms with van der Waals surface area (Å²) >= 11 is 1.31. The average molecular weight is 590 g/mol. The largest absolute Gasteiger partial charge is 0.627 e. The third-order valence-electron chi connectivity index (χ3n) is 6.84. The Morgan fingerprint density at radius 3 is 2.60 bits per heavy atom. The fourth-order valence-corrected chi connectivity index (χ4v) is 7.03. The highest BCUT2D eigenvalue weighted by Crippen LogP contribution is 2.47. The maximum Gasteiger partial charge on any atom is 0.627 e. The highest BCUT2D eigenvalue weighted by atomic mass is 32.2. The molecular weight excluding hydrogens is 551 g/mol. The Hall–Kier alpha value is -2.63. The molecule has 1 saturated heterocycles. The molecular formula is C27H38N6O5PS+. The number of nitrogens with zero attached hydrogens (tertiary/aromatic N) is 5. The fourth-order valence-electron chi connectivity index (χ4n) is 4.81. The Morgan fingerprint density at radius 1 is 1.20 bits per heavy atom. The summed E-state index contributed by atoms with van der Waals surface area (Å²) in [6.07, 6.45) is 5.41. The number of hydrogen-bond donors (Lipinski definition) is 1. The van der Waals surface area contributed by atoms with E-state index in [9.17, 15) is 9.36 Å². The van der Waals surface area contributed by atoms with Gasteiger partial charge in [-0.3, -0.25) is 4.57 Å². The van der Waals surface area contributed by atoms with Crippen LogP contribution >= 0.6 is 20.1 Å². The summed E-state index contributed by atoms with van der Waals surface area (Å²) in [5.41, 5.74) is 5.15. The summed E-state index contributed by atoms with van der Waals surface area (Å²) in [5, 5.41) is 4.27. The highest BCUT2D eigenvalue weighted by Gasteiger charge is 2.43. The van der Waals surface area contributed by atoms with Crippen LogP contribution in [0, 0.1) is 5.92 Å². The molecule has 0 spiro atoms. The Bertz CT molecular complexity index is 1300. The van der Waals surface area contributed by atoms with Crippen molar-refractivity contribution in [1.29, 1.82) is 0 Å². The molecule has 1 aliphatic heterocycles. The Labute approximate surface area is 239 Å². The molecule has 0 aliphatic carbocycles. The summed E-state index contributed by atoms with van der Waals surface area (Å²) in [5.74, 6) is 1.51. The van der Waals surface area contributed by atoms with Crippen molar-refractivity contribution in [2.45, 2.75) is 89.0 Å². The predicted molar refractivity (Wildman–Crippen MR) is 154 cm³/mol. The first kappa shape index (κ1) is 30.3. The van der Waals surface area contributed by atoms with Crippen LogP contribution in [0.5, 0.6) is 0 Å². The molecule has 40 heavy (non-hydrogen) atoms. The molecule has 1 aliphatic rings. The van der Waals surface area contributed by atoms with Crippen LogP contribution < -0.4 is 11.4 Å². The van der Waals surface area contributed by atoms with Gasteiger partial charge in [-0.25, -0.2) is 4.79 Å². The molecule has 11 nitrogen and oxygen atoms in total. The minimum Gasteiger partial charge on any atom is -0.383 e. The topological polar surface area (TPSA) is 139 Å². The molecule has 4 rings (SSSR count). The first-order chi connectivity index (χ1) is 19.3. The molecule has 2 N–H and O–H groups in total. The SMILES string of the molecule is CCCC(CCC)c1noc([C@H](C)N(Sc2ccccc2)[P+](=O)OC[C@@H]2C[C@H](C)[C@H](n3ccc(N)nc3=O)O2)n1. The Morgan fingerprint density at radius 2 is 1.93 bits per heavy atom. The zero-order chi connectivity index (χ0) is 28.6. The highest BCUT2D eigenvalue weighted by molar-refractivity contribution is 8.00. The van der Waals surface area contributed by atoms with Crippen LogP contribution in [0.15, 0.2) is 56.8 Å². The number of anilines is 1. The Balaban J connectivity index is 1.46. The second-order valence-electron chi connectivity index (χ2n) is 10.1. The number of ether oxygens (including phenoxy) is 1. The molecule has 1 fully saturated rings. The molecule has 5 atom stereocenters. The van der Waals surface area contributed by atoms with Crippen LogP contribution in [-0.4, -0.2) is 36.5 Å². The van der Waals surface area contributed by atoms with Crippen LogP contribution in [-0.2, 0) is 13.8 Å². The molecule has 1 unspecified atom stereocenters. The molecule has 216 valence electrons. The normalized spacial score (nSPS) is 20.4. The van der Waals surface area contributed by atoms with Gasteiger partial charge in [0.25, 0.3) is 0 Å². The molecule has 0 radical (unpaired) electrons. The zero-order valence-electron chi connectivity index (χ0n) is 23.4. The first-order valence-electron chi connectivity index (χ1n) is 13.8. The van der Waals surface area contributed by atoms with E-state index in [0.717, 1.165) is 30.6 Å². The summed E-state index contributed by atoms with van der Waals surface area (Å²) in [6.45, 7) is 8.26. The molecule has 1 aromatic carbocycles. The van der Waals surface area contributed by atoms with E-state index in [4.69, 9.17) is 24.5 Å². The van der Waals surface area contributed by atoms with Crippen molar-refractivity contribution >= 4 is 25.9 Å². The van der Waals surface area contributed by atoms with Gasteiger partial charge in [-0.2, -0.15) is 9.97 Å². The lowest BCUT2D eigenvalue weighted by Crippen LogP contribution is -2.29. The summed E-state index contributed by atoms with van der Waals surface area (Å²) in [6, 6.07) is 10.7. The van der Waals surface area contributed by atoms with Gasteiger partial charge in [0.05, 0.1) is 6.10 Å². The van der Waals surface area contributed by atoms with E-state index in [1.807, 2.05) is 44.2 Å². The van der Waals surface area contributed by atoms with Crippen molar-refractivity contribution in [3.63, 3.8) is 0 Å². The maximum absolute atomic E-state index is 13.6. The molecule has 2 aromatic heterocycles. The van der Waals surface area contributed by atoms with Crippen molar-refractivity contribution in [2.24, 2.45) is 5.92 Å². The number of nitrogens with two attached hydrogens (primary N) is 1. The number of rotatable bonds is 14. The number of hydrogen-bond acceptors (Lipinski definition) is 10. The van der Waals surface area contributed by atoms with Gasteiger partial charge in [0, 0.05) is 39.0 Å². The van der Waals surface area contributed by atoms with Gasteiger partial charge >= 0.3 is 13.9 Å². The van der Waals surface area contributed by atoms with Crippen molar-refractivity contribution in [3.8, 4) is 0 Å². The van der Waals surface area contributed by atoms with Crippen LogP contribution in [0.3, 0.4) is 0 Å². The fraction of sp³-hybridized carbons (Fsp3) is 0.556. The van der Waals surface area contributed by atoms with E-state index in [1.165, 1.54) is 16.5 Å². The van der Waals surface area contributed by atoms with Crippen LogP contribution in [0.4, 0.5) is 5.82 Å². The summed E-state index contributed by atoms with van der Waals surface area (Å²) < 4.78 is 34.4. The van der Waals surface area contributed by atoms with Gasteiger partial charge < -0.3 is 15.0 Å². The van der Waals surface area contributed by atoms with Crippen molar-refractivity contribution in [3.05, 3.63) is 64.8 Å². The van der Waals surface area contributed by atoms with Crippen LogP contribution in [0.1, 0.15) is 89.7 Å². The standard InChI is InChI=1S/C27H37N6O5PS/c1-5-10-20(11-6-2)24-30-25(38-31-24)19(4)33(40-22-12-8-7-9-13-22)39(35)36-17-21-16-18(3)26(37-21)32-15-14-23(28)29-27(32)34/h7-9,12-15,18-21,26H,5-6,10-11,16-17H2,1-4H3,(H-,28,29,34)/p+1/t18-,19-,21-,26+/m0/s1. The number of benzene rings is 1. The lowest BCUT2D eigenvalue weighted by atomic mass is 9.98. The second-order valence-corrected chi connectivity index (χ2v) is 12.6. The lowest BCUT2D eigenvalue weighted by Gasteiger charge is -2.17. The van der Waals surface area contributed by atoms with Gasteiger partial charge in [-0.05, 0) is 49.0 Å². The van der Waals surface area contributed by atoms with Gasteiger partial charge in [0.2, 0.25) is 5.89 Å². The molecule has 0 saturated carbocycles. The molecule has 3 aromatic rings. The van der Waals surface area contributed by atoms with E-state index in [2.05, 4.69) is 24.0 Å². The first-order valence-corrected chi connectivity index (χ1v) is 15.7. The minimum atomic E-state index is -2.32. The Kier molecular flexibility index (Phi) is 10.9. The zero-order valence-corrected chi connectivity index (χ0v) is 25.1. The number of nitrogen functional groups attached to an aromatic ring is 1. The van der Waals surface area contributed by atoms with Gasteiger partial charge in [0.1, 0.15) is 24.7 Å². The van der Waals surface area contributed by atoms with E-state index in [-0.39, 0.29) is 30.4 Å². The van der Waals surface area contributed by atoms with Crippen molar-refractivity contribution in [2.75, 3.05) is 12.3 Å². The quantitative estimate of drug-likeness (QED) is 0.168. The third kappa shape index (κ3) is 7.55. The smallest absolute Gasteiger partial charge is 0.383 e. The van der Waals surface area contributed by atoms with E-state index < -0.39 is 26.1 Å². The third-order valence-corrected chi connectivity index (χ3v) is 9.51. The van der Waals surface area contributed by atoms with Crippen LogP contribution in [0.2, 0.25) is 0 Å². The van der Waals surface area contributed by atoms with Gasteiger partial charge in [-0.1, -0.05) is 57.0 Å². The van der Waals surface area contributed by atoms with Gasteiger partial charge in [0.15, 0.2) is 5.82 Å². The number of aromatic nitrogens is 4. The summed E-state index contributed by atoms with van der Waals surface area (Å²) in [4.78, 5) is 21.7. The molecule has 0 bridgehead atoms. The summed E-state index contributed by atoms with van der Waals surface area (Å²) in [7, 11) is -2.32. The molecule has 0 amide bonds. The second kappa shape index (κ2) is 14.3. The predicted octanol–water partition coefficient (Wildman–Crippen LogP) is 6.26. The van der Waals surface area contributed by atoms with Crippen molar-refractivity contribution < 1.29 is 18.3 Å². The molecule has 13 heteroatoms. The maximum atomic E-state index is 13.6. The van der Waals surface area contributed by atoms with Crippen LogP contribution in [0.25, 0.3) is 0 Å². The minimum absolute atomic E-state index is 0.0272. The monoisotopic (exact) mass is 589 g/mol. The van der Waals surface area contributed by atoms with E-state index in [0.29, 0.717) is 18.1 Å². The lowest BCUT2D eigenvalue weighted by molar-refractivity contribution is -0.0291. The molecule has 3 heterocycles. The van der Waals surface area contributed by atoms with E-state index >= 15 is 0 Å². The van der Waals surface area contributed by atoms with Crippen molar-refractivity contribution in [1.82, 2.24) is 23.8 Å². The van der Waals surface area contributed by atoms with Gasteiger partial charge in [-0.15, -0.1) is 4.52 Å². The average Bonchev–Trinajstić information content (AvgIpc) is 3.58. The van der Waals surface area contributed by atoms with E-state index in [1.54, 1.807) is 16.3 Å².